The molecule has 0 radical (unpaired) electrons. The molecule has 2 N–H and O–H groups in total. The van der Waals surface area contributed by atoms with Crippen LogP contribution in [0, 0.1) is 5.92 Å². The van der Waals surface area contributed by atoms with Crippen molar-refractivity contribution < 1.29 is 5.11 Å². The Kier molecular flexibility index (Phi) is 8.83. The van der Waals surface area contributed by atoms with Gasteiger partial charge in [0.15, 0.2) is 0 Å². The Labute approximate surface area is 108 Å². The van der Waals surface area contributed by atoms with Crippen LogP contribution in [0.25, 0.3) is 0 Å². The van der Waals surface area contributed by atoms with Gasteiger partial charge in [0, 0.05) is 12.1 Å². The van der Waals surface area contributed by atoms with Gasteiger partial charge >= 0.3 is 0 Å². The van der Waals surface area contributed by atoms with E-state index >= 15 is 0 Å². The van der Waals surface area contributed by atoms with E-state index in [1.165, 1.54) is 25.8 Å². The van der Waals surface area contributed by atoms with Crippen LogP contribution in [0.5, 0.6) is 0 Å². The third-order valence-electron chi connectivity index (χ3n) is 3.79. The average Bonchev–Trinajstić information content (AvgIpc) is 2.34. The summed E-state index contributed by atoms with van der Waals surface area (Å²) in [6.45, 7) is 9.20. The third-order valence-corrected chi connectivity index (χ3v) is 3.79. The predicted octanol–water partition coefficient (Wildman–Crippen LogP) is 2.10. The molecule has 0 aliphatic rings. The zero-order valence-electron chi connectivity index (χ0n) is 12.4. The highest BCUT2D eigenvalue weighted by molar-refractivity contribution is 4.80. The van der Waals surface area contributed by atoms with Gasteiger partial charge in [-0.2, -0.15) is 0 Å². The maximum absolute atomic E-state index is 9.27. The number of unbranched alkanes of at least 4 members (excludes halogenated alkanes) is 1. The third kappa shape index (κ3) is 7.74. The van der Waals surface area contributed by atoms with E-state index in [9.17, 15) is 5.11 Å². The molecule has 104 valence electrons. The number of nitrogens with one attached hydrogen (secondary N) is 1. The lowest BCUT2D eigenvalue weighted by molar-refractivity contribution is 0.168. The lowest BCUT2D eigenvalue weighted by Crippen LogP contribution is -2.43. The lowest BCUT2D eigenvalue weighted by atomic mass is 9.96. The van der Waals surface area contributed by atoms with Gasteiger partial charge in [0.2, 0.25) is 0 Å². The first-order valence-electron chi connectivity index (χ1n) is 6.95. The van der Waals surface area contributed by atoms with E-state index in [0.29, 0.717) is 0 Å². The zero-order valence-corrected chi connectivity index (χ0v) is 12.4. The molecule has 0 rings (SSSR count). The topological polar surface area (TPSA) is 35.5 Å². The Bertz CT molecular complexity index is 181. The Hall–Kier alpha value is -0.120. The monoisotopic (exact) mass is 244 g/mol. The average molecular weight is 244 g/mol. The van der Waals surface area contributed by atoms with Crippen LogP contribution in [-0.4, -0.2) is 49.3 Å². The van der Waals surface area contributed by atoms with Gasteiger partial charge in [-0.1, -0.05) is 26.7 Å². The van der Waals surface area contributed by atoms with Crippen LogP contribution >= 0.6 is 0 Å². The van der Waals surface area contributed by atoms with Crippen molar-refractivity contribution in [3.63, 3.8) is 0 Å². The Morgan fingerprint density at radius 1 is 1.35 bits per heavy atom. The fraction of sp³-hybridized carbons (Fsp3) is 1.00. The minimum atomic E-state index is -0.102. The van der Waals surface area contributed by atoms with Gasteiger partial charge < -0.3 is 15.3 Å². The predicted molar refractivity (Wildman–Crippen MR) is 75.4 cm³/mol. The van der Waals surface area contributed by atoms with Gasteiger partial charge in [-0.05, 0) is 46.3 Å². The number of hydrogen-bond donors (Lipinski definition) is 2. The van der Waals surface area contributed by atoms with Gasteiger partial charge in [-0.15, -0.1) is 0 Å². The normalized spacial score (nSPS) is 17.1. The molecule has 0 spiro atoms. The van der Waals surface area contributed by atoms with E-state index in [1.807, 2.05) is 7.05 Å². The van der Waals surface area contributed by atoms with Gasteiger partial charge in [-0.3, -0.25) is 0 Å². The molecule has 0 amide bonds. The maximum atomic E-state index is 9.27. The van der Waals surface area contributed by atoms with Gasteiger partial charge in [0.25, 0.3) is 0 Å². The summed E-state index contributed by atoms with van der Waals surface area (Å²) in [4.78, 5) is 2.42. The van der Waals surface area contributed by atoms with Crippen molar-refractivity contribution in [3.8, 4) is 0 Å². The fourth-order valence-electron chi connectivity index (χ4n) is 1.93. The largest absolute Gasteiger partial charge is 0.394 e. The molecule has 2 unspecified atom stereocenters. The molecule has 17 heavy (non-hydrogen) atoms. The number of hydrogen-bond acceptors (Lipinski definition) is 3. The molecule has 0 saturated carbocycles. The lowest BCUT2D eigenvalue weighted by Gasteiger charge is -2.27. The molecule has 3 heteroatoms. The summed E-state index contributed by atoms with van der Waals surface area (Å²) in [5.74, 6) is 0.792. The standard InChI is InChI=1S/C14H32N2O/c1-6-13(2)11-16(5)10-8-7-9-14(3,12-17)15-4/h13,15,17H,6-12H2,1-5H3. The van der Waals surface area contributed by atoms with Crippen LogP contribution < -0.4 is 5.32 Å². The number of nitrogens with zero attached hydrogens (tertiary/aromatic N) is 1. The molecule has 3 nitrogen and oxygen atoms in total. The number of likely N-dealkylation sites (N-methyl/N-ethyl adjacent to an activating group) is 1. The number of aliphatic hydroxyl groups is 1. The van der Waals surface area contributed by atoms with E-state index in [4.69, 9.17) is 0 Å². The van der Waals surface area contributed by atoms with Crippen molar-refractivity contribution in [2.24, 2.45) is 5.92 Å². The zero-order chi connectivity index (χ0) is 13.3. The Morgan fingerprint density at radius 3 is 2.47 bits per heavy atom. The van der Waals surface area contributed by atoms with Crippen molar-refractivity contribution in [2.75, 3.05) is 33.8 Å². The van der Waals surface area contributed by atoms with Crippen molar-refractivity contribution in [2.45, 2.75) is 52.0 Å². The summed E-state index contributed by atoms with van der Waals surface area (Å²) in [6, 6.07) is 0. The summed E-state index contributed by atoms with van der Waals surface area (Å²) in [7, 11) is 4.13. The molecule has 2 atom stereocenters. The molecular formula is C14H32N2O. The van der Waals surface area contributed by atoms with Crippen molar-refractivity contribution in [1.29, 1.82) is 0 Å². The first-order chi connectivity index (χ1) is 7.97. The van der Waals surface area contributed by atoms with Crippen LogP contribution in [-0.2, 0) is 0 Å². The number of rotatable bonds is 10. The highest BCUT2D eigenvalue weighted by atomic mass is 16.3. The van der Waals surface area contributed by atoms with Crippen molar-refractivity contribution in [1.82, 2.24) is 10.2 Å². The van der Waals surface area contributed by atoms with Crippen molar-refractivity contribution in [3.05, 3.63) is 0 Å². The molecule has 0 aromatic rings. The van der Waals surface area contributed by atoms with Crippen LogP contribution in [0.4, 0.5) is 0 Å². The first-order valence-corrected chi connectivity index (χ1v) is 6.95. The minimum Gasteiger partial charge on any atom is -0.394 e. The molecule has 0 saturated heterocycles. The quantitative estimate of drug-likeness (QED) is 0.578. The SMILES string of the molecule is CCC(C)CN(C)CCCCC(C)(CO)NC. The van der Waals surface area contributed by atoms with E-state index < -0.39 is 0 Å². The summed E-state index contributed by atoms with van der Waals surface area (Å²) in [6.07, 6.45) is 4.68. The second kappa shape index (κ2) is 8.90. The van der Waals surface area contributed by atoms with E-state index in [-0.39, 0.29) is 12.1 Å². The molecule has 0 aromatic heterocycles. The summed E-state index contributed by atoms with van der Waals surface area (Å²) in [5.41, 5.74) is -0.102. The smallest absolute Gasteiger partial charge is 0.0610 e. The van der Waals surface area contributed by atoms with Crippen LogP contribution in [0.3, 0.4) is 0 Å². The number of aliphatic hydroxyl groups excluding tert-OH is 1. The summed E-state index contributed by atoms with van der Waals surface area (Å²) in [5, 5.41) is 12.5. The Balaban J connectivity index is 3.63. The first kappa shape index (κ1) is 16.9. The molecule has 0 aromatic carbocycles. The second-order valence-corrected chi connectivity index (χ2v) is 5.70. The minimum absolute atomic E-state index is 0.102. The molecule has 0 aliphatic heterocycles. The maximum Gasteiger partial charge on any atom is 0.0610 e. The fourth-order valence-corrected chi connectivity index (χ4v) is 1.93. The van der Waals surface area contributed by atoms with E-state index in [1.54, 1.807) is 0 Å². The van der Waals surface area contributed by atoms with Gasteiger partial charge in [0.05, 0.1) is 6.61 Å². The highest BCUT2D eigenvalue weighted by Crippen LogP contribution is 2.13. The van der Waals surface area contributed by atoms with Gasteiger partial charge in [0.1, 0.15) is 0 Å². The van der Waals surface area contributed by atoms with Gasteiger partial charge in [-0.25, -0.2) is 0 Å². The molecule has 0 fully saturated rings. The summed E-state index contributed by atoms with van der Waals surface area (Å²) >= 11 is 0. The molecule has 0 aliphatic carbocycles. The molecular weight excluding hydrogens is 212 g/mol. The summed E-state index contributed by atoms with van der Waals surface area (Å²) < 4.78 is 0. The van der Waals surface area contributed by atoms with Crippen LogP contribution in [0.2, 0.25) is 0 Å². The van der Waals surface area contributed by atoms with E-state index in [0.717, 1.165) is 18.9 Å². The highest BCUT2D eigenvalue weighted by Gasteiger charge is 2.19. The Morgan fingerprint density at radius 2 is 2.00 bits per heavy atom. The second-order valence-electron chi connectivity index (χ2n) is 5.70. The molecule has 0 heterocycles. The van der Waals surface area contributed by atoms with Crippen molar-refractivity contribution >= 4 is 0 Å². The van der Waals surface area contributed by atoms with Crippen LogP contribution in [0.1, 0.15) is 46.5 Å². The van der Waals surface area contributed by atoms with E-state index in [2.05, 4.69) is 38.0 Å². The van der Waals surface area contributed by atoms with Crippen LogP contribution in [0.15, 0.2) is 0 Å². The molecule has 0 bridgehead atoms.